The molecule has 2 aromatic carbocycles. The van der Waals surface area contributed by atoms with Crippen LogP contribution in [-0.2, 0) is 27.3 Å². The summed E-state index contributed by atoms with van der Waals surface area (Å²) >= 11 is 0. The van der Waals surface area contributed by atoms with Crippen LogP contribution < -0.4 is 20.4 Å². The fourth-order valence-corrected chi connectivity index (χ4v) is 8.63. The lowest BCUT2D eigenvalue weighted by Crippen LogP contribution is -2.48. The quantitative estimate of drug-likeness (QED) is 0.157. The van der Waals surface area contributed by atoms with E-state index in [0.29, 0.717) is 36.6 Å². The molecule has 3 aliphatic rings. The van der Waals surface area contributed by atoms with Crippen LogP contribution in [0.1, 0.15) is 71.8 Å². The van der Waals surface area contributed by atoms with Crippen LogP contribution in [0, 0.1) is 0 Å². The average Bonchev–Trinajstić information content (AvgIpc) is 3.70. The number of nitrogens with one attached hydrogen (secondary N) is 2. The molecule has 2 N–H and O–H groups in total. The molecular formula is C42H54N10O5. The van der Waals surface area contributed by atoms with Gasteiger partial charge in [0.1, 0.15) is 23.5 Å². The lowest BCUT2D eigenvalue weighted by Gasteiger charge is -2.41. The van der Waals surface area contributed by atoms with Gasteiger partial charge in [-0.3, -0.25) is 24.2 Å². The Hall–Kier alpha value is -5.41. The third-order valence-corrected chi connectivity index (χ3v) is 12.1. The molecule has 0 saturated carbocycles. The van der Waals surface area contributed by atoms with Crippen molar-refractivity contribution in [1.82, 2.24) is 35.1 Å². The first-order valence-corrected chi connectivity index (χ1v) is 20.1. The van der Waals surface area contributed by atoms with Crippen molar-refractivity contribution >= 4 is 58.9 Å². The van der Waals surface area contributed by atoms with Gasteiger partial charge in [0, 0.05) is 107 Å². The second kappa shape index (κ2) is 18.2. The Morgan fingerprint density at radius 2 is 1.81 bits per heavy atom. The minimum Gasteiger partial charge on any atom is -0.371 e. The van der Waals surface area contributed by atoms with E-state index in [0.717, 1.165) is 131 Å². The highest BCUT2D eigenvalue weighted by molar-refractivity contribution is 5.91. The molecule has 3 aliphatic heterocycles. The topological polar surface area (TPSA) is 160 Å². The van der Waals surface area contributed by atoms with Crippen molar-refractivity contribution in [3.05, 3.63) is 65.1 Å². The molecule has 302 valence electrons. The molecule has 0 spiro atoms. The minimum absolute atomic E-state index is 0.163. The summed E-state index contributed by atoms with van der Waals surface area (Å²) in [5.41, 5.74) is 6.03. The fourth-order valence-electron chi connectivity index (χ4n) is 8.63. The van der Waals surface area contributed by atoms with Crippen LogP contribution in [0.3, 0.4) is 0 Å². The summed E-state index contributed by atoms with van der Waals surface area (Å²) in [6.45, 7) is 6.82. The number of amides is 2. The summed E-state index contributed by atoms with van der Waals surface area (Å²) in [4.78, 5) is 67.3. The third kappa shape index (κ3) is 8.94. The highest BCUT2D eigenvalue weighted by Crippen LogP contribution is 2.36. The zero-order valence-electron chi connectivity index (χ0n) is 33.2. The van der Waals surface area contributed by atoms with E-state index < -0.39 is 5.92 Å². The fraction of sp³-hybridized carbons (Fsp3) is 0.500. The first-order valence-electron chi connectivity index (χ1n) is 20.1. The largest absolute Gasteiger partial charge is 0.371 e. The van der Waals surface area contributed by atoms with Gasteiger partial charge in [0.25, 0.3) is 0 Å². The smallest absolute Gasteiger partial charge is 0.229 e. The molecule has 0 radical (unpaired) electrons. The minimum atomic E-state index is -0.527. The number of hydrogen-bond donors (Lipinski definition) is 2. The molecule has 5 heterocycles. The van der Waals surface area contributed by atoms with Crippen LogP contribution in [-0.4, -0.2) is 134 Å². The van der Waals surface area contributed by atoms with Crippen LogP contribution in [0.15, 0.2) is 47.1 Å². The summed E-state index contributed by atoms with van der Waals surface area (Å²) in [7, 11) is 5.49. The number of aldehydes is 2. The number of piperidine rings is 2. The first-order chi connectivity index (χ1) is 27.8. The van der Waals surface area contributed by atoms with Gasteiger partial charge in [-0.2, -0.15) is 0 Å². The van der Waals surface area contributed by atoms with Crippen molar-refractivity contribution in [3.63, 3.8) is 0 Å². The van der Waals surface area contributed by atoms with E-state index in [4.69, 9.17) is 9.51 Å². The summed E-state index contributed by atoms with van der Waals surface area (Å²) in [6, 6.07) is 13.3. The highest BCUT2D eigenvalue weighted by Gasteiger charge is 2.32. The molecular weight excluding hydrogens is 725 g/mol. The van der Waals surface area contributed by atoms with E-state index >= 15 is 0 Å². The summed E-state index contributed by atoms with van der Waals surface area (Å²) in [5, 5.41) is 11.3. The van der Waals surface area contributed by atoms with E-state index in [9.17, 15) is 19.2 Å². The molecule has 2 fully saturated rings. The SMILES string of the molecule is CNC(=O)C(CCC=O)c1noc2c3c(ccc12)CN(C1CCN(c2ccc(Nc4nc(N5CCCC(N(C)CCN(C)C=O)C5)cnc4C=O)cc2)CC1)CC3. The van der Waals surface area contributed by atoms with Crippen molar-refractivity contribution in [1.29, 1.82) is 0 Å². The van der Waals surface area contributed by atoms with Gasteiger partial charge in [-0.15, -0.1) is 0 Å². The summed E-state index contributed by atoms with van der Waals surface area (Å²) < 4.78 is 5.87. The van der Waals surface area contributed by atoms with E-state index in [1.165, 1.54) is 5.56 Å². The van der Waals surface area contributed by atoms with Gasteiger partial charge < -0.3 is 34.7 Å². The molecule has 2 atom stereocenters. The molecule has 0 bridgehead atoms. The second-order valence-electron chi connectivity index (χ2n) is 15.6. The molecule has 15 nitrogen and oxygen atoms in total. The molecule has 2 amide bonds. The lowest BCUT2D eigenvalue weighted by molar-refractivity contribution is -0.122. The molecule has 15 heteroatoms. The van der Waals surface area contributed by atoms with Crippen LogP contribution in [0.5, 0.6) is 0 Å². The van der Waals surface area contributed by atoms with Gasteiger partial charge in [-0.05, 0) is 81.5 Å². The Morgan fingerprint density at radius 1 is 1.00 bits per heavy atom. The van der Waals surface area contributed by atoms with Gasteiger partial charge in [-0.25, -0.2) is 9.97 Å². The number of likely N-dealkylation sites (N-methyl/N-ethyl adjacent to an activating group) is 3. The van der Waals surface area contributed by atoms with E-state index in [-0.39, 0.29) is 18.0 Å². The highest BCUT2D eigenvalue weighted by atomic mass is 16.5. The van der Waals surface area contributed by atoms with E-state index in [1.54, 1.807) is 25.2 Å². The van der Waals surface area contributed by atoms with Crippen molar-refractivity contribution in [2.45, 2.75) is 69.5 Å². The molecule has 4 aromatic rings. The number of aromatic nitrogens is 3. The van der Waals surface area contributed by atoms with Crippen molar-refractivity contribution < 1.29 is 23.7 Å². The Balaban J connectivity index is 0.940. The van der Waals surface area contributed by atoms with E-state index in [1.807, 2.05) is 18.2 Å². The predicted molar refractivity (Wildman–Crippen MR) is 219 cm³/mol. The zero-order chi connectivity index (χ0) is 39.9. The number of nitrogens with zero attached hydrogens (tertiary/aromatic N) is 8. The van der Waals surface area contributed by atoms with Gasteiger partial charge in [0.05, 0.1) is 12.1 Å². The number of carbonyl (C=O) groups is 4. The third-order valence-electron chi connectivity index (χ3n) is 12.1. The maximum absolute atomic E-state index is 12.6. The van der Waals surface area contributed by atoms with Gasteiger partial charge in [0.15, 0.2) is 17.7 Å². The van der Waals surface area contributed by atoms with Gasteiger partial charge in [0.2, 0.25) is 12.3 Å². The monoisotopic (exact) mass is 778 g/mol. The number of hydrogen-bond acceptors (Lipinski definition) is 13. The zero-order valence-corrected chi connectivity index (χ0v) is 33.2. The molecule has 2 aromatic heterocycles. The van der Waals surface area contributed by atoms with Crippen LogP contribution in [0.4, 0.5) is 23.0 Å². The Labute approximate surface area is 333 Å². The Kier molecular flexibility index (Phi) is 12.7. The molecule has 7 rings (SSSR count). The number of benzene rings is 2. The van der Waals surface area contributed by atoms with Crippen LogP contribution in [0.2, 0.25) is 0 Å². The van der Waals surface area contributed by atoms with Crippen molar-refractivity contribution in [3.8, 4) is 0 Å². The maximum Gasteiger partial charge on any atom is 0.229 e. The maximum atomic E-state index is 12.6. The van der Waals surface area contributed by atoms with Crippen molar-refractivity contribution in [2.75, 3.05) is 82.1 Å². The second-order valence-corrected chi connectivity index (χ2v) is 15.6. The average molecular weight is 779 g/mol. The first kappa shape index (κ1) is 39.8. The van der Waals surface area contributed by atoms with Crippen molar-refractivity contribution in [2.24, 2.45) is 0 Å². The van der Waals surface area contributed by atoms with Crippen LogP contribution >= 0.6 is 0 Å². The molecule has 0 aliphatic carbocycles. The Bertz CT molecular complexity index is 2030. The normalized spacial score (nSPS) is 18.3. The van der Waals surface area contributed by atoms with Crippen LogP contribution in [0.25, 0.3) is 11.0 Å². The summed E-state index contributed by atoms with van der Waals surface area (Å²) in [5.74, 6) is 0.487. The molecule has 57 heavy (non-hydrogen) atoms. The van der Waals surface area contributed by atoms with E-state index in [2.05, 4.69) is 65.6 Å². The standard InChI is InChI=1S/C42H54N10O5/c1-43-42(56)36(7-5-23-53)39-35-13-8-29-25-51(20-16-34(29)40(35)57-47-39)32-14-18-50(19-15-32)31-11-9-30(10-12-31)45-41-37(27-54)44-24-38(46-41)52-17-4-6-33(26-52)49(3)22-21-48(2)28-55/h8-13,23-24,27-28,32-33,36H,4-7,14-22,25-26H2,1-3H3,(H,43,56)(H,45,46). The molecule has 2 saturated heterocycles. The van der Waals surface area contributed by atoms with Gasteiger partial charge in [-0.1, -0.05) is 11.2 Å². The molecule has 2 unspecified atom stereocenters. The number of fused-ring (bicyclic) bond motifs is 3. The number of rotatable bonds is 16. The number of anilines is 4. The predicted octanol–water partition coefficient (Wildman–Crippen LogP) is 4.00. The lowest BCUT2D eigenvalue weighted by atomic mass is 9.91. The van der Waals surface area contributed by atoms with Gasteiger partial charge >= 0.3 is 0 Å². The Morgan fingerprint density at radius 3 is 2.54 bits per heavy atom. The summed E-state index contributed by atoms with van der Waals surface area (Å²) in [6.07, 6.45) is 9.85. The number of carbonyl (C=O) groups excluding carboxylic acids is 4.